The van der Waals surface area contributed by atoms with Gasteiger partial charge in [-0.25, -0.2) is 0 Å². The fourth-order valence-corrected chi connectivity index (χ4v) is 2.22. The van der Waals surface area contributed by atoms with E-state index < -0.39 is 0 Å². The molecule has 1 N–H and O–H groups in total. The van der Waals surface area contributed by atoms with Gasteiger partial charge < -0.3 is 19.4 Å². The first-order valence-corrected chi connectivity index (χ1v) is 7.61. The quantitative estimate of drug-likeness (QED) is 0.707. The van der Waals surface area contributed by atoms with Crippen LogP contribution in [0.2, 0.25) is 0 Å². The Morgan fingerprint density at radius 2 is 2.05 bits per heavy atom. The average molecular weight is 310 g/mol. The summed E-state index contributed by atoms with van der Waals surface area (Å²) in [5.41, 5.74) is 0.575. The largest absolute Gasteiger partial charge is 0.466 e. The molecule has 0 unspecified atom stereocenters. The molecule has 0 atom stereocenters. The summed E-state index contributed by atoms with van der Waals surface area (Å²) in [6.45, 7) is 7.59. The molecule has 6 heteroatoms. The normalized spacial score (nSPS) is 10.5. The van der Waals surface area contributed by atoms with Crippen molar-refractivity contribution in [1.82, 2.24) is 10.2 Å². The molecule has 0 spiro atoms. The molecule has 0 fully saturated rings. The van der Waals surface area contributed by atoms with Gasteiger partial charge in [0.2, 0.25) is 5.91 Å². The summed E-state index contributed by atoms with van der Waals surface area (Å²) in [7, 11) is 1.59. The number of nitrogens with one attached hydrogen (secondary N) is 1. The highest BCUT2D eigenvalue weighted by atomic mass is 16.5. The SMILES string of the molecule is CCCN(CCC(=O)NCCOC)C(=O)c1cc(C)oc1C. The van der Waals surface area contributed by atoms with Crippen LogP contribution in [0.25, 0.3) is 0 Å². The molecular weight excluding hydrogens is 284 g/mol. The molecule has 0 aliphatic rings. The Bertz CT molecular complexity index is 496. The second-order valence-electron chi connectivity index (χ2n) is 5.21. The summed E-state index contributed by atoms with van der Waals surface area (Å²) < 4.78 is 10.3. The topological polar surface area (TPSA) is 71.8 Å². The van der Waals surface area contributed by atoms with E-state index in [0.717, 1.165) is 12.2 Å². The molecule has 1 aromatic heterocycles. The fourth-order valence-electron chi connectivity index (χ4n) is 2.22. The number of amides is 2. The molecule has 1 aromatic rings. The first-order chi connectivity index (χ1) is 10.5. The van der Waals surface area contributed by atoms with Gasteiger partial charge in [-0.3, -0.25) is 9.59 Å². The minimum Gasteiger partial charge on any atom is -0.466 e. The van der Waals surface area contributed by atoms with Crippen molar-refractivity contribution in [3.05, 3.63) is 23.2 Å². The molecule has 0 saturated carbocycles. The first kappa shape index (κ1) is 18.2. The van der Waals surface area contributed by atoms with E-state index in [-0.39, 0.29) is 18.2 Å². The highest BCUT2D eigenvalue weighted by Crippen LogP contribution is 2.16. The van der Waals surface area contributed by atoms with E-state index in [4.69, 9.17) is 9.15 Å². The van der Waals surface area contributed by atoms with E-state index in [1.807, 2.05) is 13.8 Å². The zero-order chi connectivity index (χ0) is 16.5. The summed E-state index contributed by atoms with van der Waals surface area (Å²) >= 11 is 0. The standard InChI is InChI=1S/C16H26N2O4/c1-5-8-18(9-6-15(19)17-7-10-21-4)16(20)14-11-12(2)22-13(14)3/h11H,5-10H2,1-4H3,(H,17,19). The van der Waals surface area contributed by atoms with Gasteiger partial charge in [-0.05, 0) is 26.3 Å². The Labute approximate surface area is 131 Å². The van der Waals surface area contributed by atoms with Crippen molar-refractivity contribution in [1.29, 1.82) is 0 Å². The lowest BCUT2D eigenvalue weighted by Gasteiger charge is -2.21. The maximum Gasteiger partial charge on any atom is 0.257 e. The van der Waals surface area contributed by atoms with Crippen LogP contribution in [0, 0.1) is 13.8 Å². The minimum atomic E-state index is -0.0825. The number of carbonyl (C=O) groups is 2. The second-order valence-corrected chi connectivity index (χ2v) is 5.21. The second kappa shape index (κ2) is 9.25. The van der Waals surface area contributed by atoms with Gasteiger partial charge >= 0.3 is 0 Å². The number of ether oxygens (including phenoxy) is 1. The molecular formula is C16H26N2O4. The van der Waals surface area contributed by atoms with Gasteiger partial charge in [-0.2, -0.15) is 0 Å². The first-order valence-electron chi connectivity index (χ1n) is 7.61. The summed E-state index contributed by atoms with van der Waals surface area (Å²) in [5, 5.41) is 2.75. The molecule has 0 aliphatic heterocycles. The van der Waals surface area contributed by atoms with E-state index in [9.17, 15) is 9.59 Å². The van der Waals surface area contributed by atoms with Crippen molar-refractivity contribution in [3.63, 3.8) is 0 Å². The van der Waals surface area contributed by atoms with E-state index in [0.29, 0.717) is 37.6 Å². The number of methoxy groups -OCH3 is 1. The third kappa shape index (κ3) is 5.52. The van der Waals surface area contributed by atoms with E-state index in [1.165, 1.54) is 0 Å². The number of hydrogen-bond donors (Lipinski definition) is 1. The molecule has 0 radical (unpaired) electrons. The Kier molecular flexibility index (Phi) is 7.66. The molecule has 22 heavy (non-hydrogen) atoms. The van der Waals surface area contributed by atoms with Gasteiger partial charge in [0.15, 0.2) is 0 Å². The Morgan fingerprint density at radius 1 is 1.32 bits per heavy atom. The third-order valence-electron chi connectivity index (χ3n) is 3.29. The van der Waals surface area contributed by atoms with E-state index in [2.05, 4.69) is 5.32 Å². The number of nitrogens with zero attached hydrogens (tertiary/aromatic N) is 1. The predicted molar refractivity (Wildman–Crippen MR) is 83.9 cm³/mol. The molecule has 0 saturated heterocycles. The minimum absolute atomic E-state index is 0.0777. The monoisotopic (exact) mass is 310 g/mol. The van der Waals surface area contributed by atoms with Gasteiger partial charge in [-0.15, -0.1) is 0 Å². The number of hydrogen-bond acceptors (Lipinski definition) is 4. The van der Waals surface area contributed by atoms with Crippen LogP contribution in [0.4, 0.5) is 0 Å². The zero-order valence-corrected chi connectivity index (χ0v) is 13.9. The van der Waals surface area contributed by atoms with Crippen LogP contribution in [0.15, 0.2) is 10.5 Å². The van der Waals surface area contributed by atoms with E-state index in [1.54, 1.807) is 25.0 Å². The molecule has 0 aliphatic carbocycles. The van der Waals surface area contributed by atoms with Gasteiger partial charge in [0.05, 0.1) is 12.2 Å². The van der Waals surface area contributed by atoms with Crippen molar-refractivity contribution in [2.24, 2.45) is 0 Å². The van der Waals surface area contributed by atoms with Crippen LogP contribution in [0.3, 0.4) is 0 Å². The Balaban J connectivity index is 2.59. The molecule has 124 valence electrons. The molecule has 1 rings (SSSR count). The highest BCUT2D eigenvalue weighted by molar-refractivity contribution is 5.95. The van der Waals surface area contributed by atoms with Gasteiger partial charge in [0, 0.05) is 33.2 Å². The summed E-state index contributed by atoms with van der Waals surface area (Å²) in [6, 6.07) is 1.75. The lowest BCUT2D eigenvalue weighted by Crippen LogP contribution is -2.36. The van der Waals surface area contributed by atoms with Crippen molar-refractivity contribution in [3.8, 4) is 0 Å². The maximum absolute atomic E-state index is 12.6. The van der Waals surface area contributed by atoms with Crippen molar-refractivity contribution in [2.45, 2.75) is 33.6 Å². The molecule has 0 bridgehead atoms. The lowest BCUT2D eigenvalue weighted by atomic mass is 10.2. The number of carbonyl (C=O) groups excluding carboxylic acids is 2. The van der Waals surface area contributed by atoms with Gasteiger partial charge in [0.1, 0.15) is 11.5 Å². The van der Waals surface area contributed by atoms with Crippen LogP contribution in [0.1, 0.15) is 41.6 Å². The Morgan fingerprint density at radius 3 is 2.59 bits per heavy atom. The van der Waals surface area contributed by atoms with Crippen molar-refractivity contribution >= 4 is 11.8 Å². The lowest BCUT2D eigenvalue weighted by molar-refractivity contribution is -0.121. The van der Waals surface area contributed by atoms with Crippen molar-refractivity contribution in [2.75, 3.05) is 33.4 Å². The number of aryl methyl sites for hydroxylation is 2. The van der Waals surface area contributed by atoms with Crippen LogP contribution >= 0.6 is 0 Å². The molecule has 1 heterocycles. The summed E-state index contributed by atoms with van der Waals surface area (Å²) in [6.07, 6.45) is 1.12. The number of furan rings is 1. The average Bonchev–Trinajstić information content (AvgIpc) is 2.81. The van der Waals surface area contributed by atoms with Crippen LogP contribution in [-0.4, -0.2) is 50.1 Å². The summed E-state index contributed by atoms with van der Waals surface area (Å²) in [4.78, 5) is 26.0. The maximum atomic E-state index is 12.6. The smallest absolute Gasteiger partial charge is 0.257 e. The zero-order valence-electron chi connectivity index (χ0n) is 13.9. The fraction of sp³-hybridized carbons (Fsp3) is 0.625. The van der Waals surface area contributed by atoms with Crippen LogP contribution in [0.5, 0.6) is 0 Å². The van der Waals surface area contributed by atoms with E-state index >= 15 is 0 Å². The van der Waals surface area contributed by atoms with Crippen LogP contribution in [-0.2, 0) is 9.53 Å². The Hall–Kier alpha value is -1.82. The highest BCUT2D eigenvalue weighted by Gasteiger charge is 2.20. The van der Waals surface area contributed by atoms with Gasteiger partial charge in [-0.1, -0.05) is 6.92 Å². The molecule has 2 amide bonds. The number of rotatable bonds is 9. The van der Waals surface area contributed by atoms with Gasteiger partial charge in [0.25, 0.3) is 5.91 Å². The van der Waals surface area contributed by atoms with Crippen LogP contribution < -0.4 is 5.32 Å². The third-order valence-corrected chi connectivity index (χ3v) is 3.29. The molecule has 0 aromatic carbocycles. The molecule has 6 nitrogen and oxygen atoms in total. The van der Waals surface area contributed by atoms with Crippen molar-refractivity contribution < 1.29 is 18.7 Å². The summed E-state index contributed by atoms with van der Waals surface area (Å²) in [5.74, 6) is 1.18. The predicted octanol–water partition coefficient (Wildman–Crippen LogP) is 1.90.